The molecule has 2 N–H and O–H groups in total. The molecule has 2 aliphatic heterocycles. The van der Waals surface area contributed by atoms with Gasteiger partial charge in [0.2, 0.25) is 10.0 Å². The smallest absolute Gasteiger partial charge is 0.315 e. The average molecular weight is 555 g/mol. The number of sulfonamides is 1. The highest BCUT2D eigenvalue weighted by atomic mass is 32.2. The molecule has 1 aromatic carbocycles. The molecule has 0 bridgehead atoms. The molecule has 1 atom stereocenters. The van der Waals surface area contributed by atoms with Gasteiger partial charge in [-0.25, -0.2) is 22.2 Å². The van der Waals surface area contributed by atoms with Gasteiger partial charge in [-0.15, -0.1) is 0 Å². The first kappa shape index (κ1) is 26.4. The lowest BCUT2D eigenvalue weighted by Gasteiger charge is -2.37. The van der Waals surface area contributed by atoms with Crippen LogP contribution in [0.1, 0.15) is 45.4 Å². The first-order valence-corrected chi connectivity index (χ1v) is 14.1. The highest BCUT2D eigenvalue weighted by molar-refractivity contribution is 7.88. The van der Waals surface area contributed by atoms with Crippen molar-refractivity contribution in [2.75, 3.05) is 19.3 Å². The maximum absolute atomic E-state index is 13.1. The van der Waals surface area contributed by atoms with E-state index in [-0.39, 0.29) is 67.2 Å². The summed E-state index contributed by atoms with van der Waals surface area (Å²) in [5.74, 6) is -1.28. The number of carbonyl (C=O) groups excluding carboxylic acids is 4. The van der Waals surface area contributed by atoms with E-state index >= 15 is 0 Å². The maximum Gasteiger partial charge on any atom is 0.315 e. The van der Waals surface area contributed by atoms with E-state index in [0.29, 0.717) is 5.75 Å². The number of hydrogen-bond acceptors (Lipinski definition) is 9. The Bertz CT molecular complexity index is 1610. The summed E-state index contributed by atoms with van der Waals surface area (Å²) in [4.78, 5) is 54.4. The molecule has 4 heterocycles. The molecule has 2 amide bonds. The molecule has 204 valence electrons. The van der Waals surface area contributed by atoms with Gasteiger partial charge in [0.15, 0.2) is 11.4 Å². The number of Topliss-reactive ketones (excluding diaryl/α,β-unsaturated/α-hetero) is 1. The van der Waals surface area contributed by atoms with Crippen molar-refractivity contribution in [3.63, 3.8) is 0 Å². The summed E-state index contributed by atoms with van der Waals surface area (Å²) in [5, 5.41) is 9.51. The first-order chi connectivity index (χ1) is 18.5. The predicted octanol–water partition coefficient (Wildman–Crippen LogP) is 0.0897. The monoisotopic (exact) mass is 554 g/mol. The second-order valence-corrected chi connectivity index (χ2v) is 11.7. The number of nitrogens with one attached hydrogen (secondary N) is 2. The summed E-state index contributed by atoms with van der Waals surface area (Å²) in [6.45, 7) is 2.27. The van der Waals surface area contributed by atoms with Crippen LogP contribution >= 0.6 is 0 Å². The minimum atomic E-state index is -3.27. The van der Waals surface area contributed by atoms with E-state index in [1.807, 2.05) is 0 Å². The number of fused-ring (bicyclic) bond motifs is 2. The average Bonchev–Trinajstić information content (AvgIpc) is 3.47. The molecule has 2 aliphatic rings. The molecule has 0 aliphatic carbocycles. The lowest BCUT2D eigenvalue weighted by atomic mass is 9.94. The molecule has 0 saturated carbocycles. The summed E-state index contributed by atoms with van der Waals surface area (Å²) in [7, 11) is -3.27. The first-order valence-electron chi connectivity index (χ1n) is 12.2. The molecule has 0 spiro atoms. The number of carbonyl (C=O) groups is 4. The van der Waals surface area contributed by atoms with Gasteiger partial charge in [-0.3, -0.25) is 19.2 Å². The number of rotatable bonds is 9. The Morgan fingerprint density at radius 2 is 1.92 bits per heavy atom. The van der Waals surface area contributed by atoms with Crippen molar-refractivity contribution in [3.05, 3.63) is 59.0 Å². The second-order valence-electron chi connectivity index (χ2n) is 9.72. The summed E-state index contributed by atoms with van der Waals surface area (Å²) in [5.41, 5.74) is 1.80. The molecule has 39 heavy (non-hydrogen) atoms. The lowest BCUT2D eigenvalue weighted by Crippen LogP contribution is -2.51. The van der Waals surface area contributed by atoms with E-state index in [4.69, 9.17) is 4.74 Å². The summed E-state index contributed by atoms with van der Waals surface area (Å²) in [6.07, 6.45) is 2.87. The maximum atomic E-state index is 13.1. The van der Waals surface area contributed by atoms with Crippen LogP contribution in [0.5, 0.6) is 5.75 Å². The third kappa shape index (κ3) is 5.66. The minimum absolute atomic E-state index is 0.0119. The lowest BCUT2D eigenvalue weighted by molar-refractivity contribution is -0.131. The molecule has 1 saturated heterocycles. The SMILES string of the molecule is C[C@H](NC(=O)c1cc(C(=O)NCc2ccc3c(c2)CC(=O)O3)nc2ccnn12)C(=O)CC1CN(S(C)(=O)=O)C1. The standard InChI is InChI=1S/C25H26N6O7S/c1-14(20(32)8-16-12-30(13-16)39(2,36)37)28-25(35)19-10-18(29-22-5-6-27-31(19)22)24(34)26-11-15-3-4-21-17(7-15)9-23(33)38-21/h3-7,10,14,16H,8-9,11-13H2,1-2H3,(H,26,34)(H,28,35)/t14-/m0/s1. The van der Waals surface area contributed by atoms with Gasteiger partial charge in [-0.1, -0.05) is 6.07 Å². The van der Waals surface area contributed by atoms with E-state index in [9.17, 15) is 27.6 Å². The Morgan fingerprint density at radius 1 is 1.15 bits per heavy atom. The molecule has 3 aromatic rings. The summed E-state index contributed by atoms with van der Waals surface area (Å²) in [6, 6.07) is 7.21. The minimum Gasteiger partial charge on any atom is -0.426 e. The predicted molar refractivity (Wildman–Crippen MR) is 136 cm³/mol. The fourth-order valence-corrected chi connectivity index (χ4v) is 5.46. The van der Waals surface area contributed by atoms with Crippen molar-refractivity contribution in [2.24, 2.45) is 5.92 Å². The van der Waals surface area contributed by atoms with Crippen LogP contribution in [-0.4, -0.2) is 76.3 Å². The van der Waals surface area contributed by atoms with Crippen LogP contribution in [-0.2, 0) is 32.6 Å². The molecule has 13 nitrogen and oxygen atoms in total. The highest BCUT2D eigenvalue weighted by Crippen LogP contribution is 2.26. The highest BCUT2D eigenvalue weighted by Gasteiger charge is 2.35. The van der Waals surface area contributed by atoms with Gasteiger partial charge in [0.25, 0.3) is 11.8 Å². The van der Waals surface area contributed by atoms with Crippen LogP contribution in [0.3, 0.4) is 0 Å². The fraction of sp³-hybridized carbons (Fsp3) is 0.360. The van der Waals surface area contributed by atoms with Gasteiger partial charge >= 0.3 is 5.97 Å². The van der Waals surface area contributed by atoms with Gasteiger partial charge in [-0.2, -0.15) is 5.10 Å². The van der Waals surface area contributed by atoms with Gasteiger partial charge in [0, 0.05) is 43.8 Å². The molecule has 0 radical (unpaired) electrons. The number of nitrogens with zero attached hydrogens (tertiary/aromatic N) is 4. The van der Waals surface area contributed by atoms with Crippen molar-refractivity contribution >= 4 is 39.2 Å². The fourth-order valence-electron chi connectivity index (χ4n) is 4.49. The van der Waals surface area contributed by atoms with Crippen LogP contribution in [0.2, 0.25) is 0 Å². The zero-order chi connectivity index (χ0) is 27.9. The quantitative estimate of drug-likeness (QED) is 0.275. The van der Waals surface area contributed by atoms with Gasteiger partial charge in [-0.05, 0) is 30.5 Å². The van der Waals surface area contributed by atoms with E-state index in [1.165, 1.54) is 21.1 Å². The Hall–Kier alpha value is -4.17. The number of ketones is 1. The van der Waals surface area contributed by atoms with E-state index < -0.39 is 27.9 Å². The van der Waals surface area contributed by atoms with Crippen LogP contribution in [0.15, 0.2) is 36.5 Å². The number of aromatic nitrogens is 3. The molecule has 5 rings (SSSR count). The zero-order valence-corrected chi connectivity index (χ0v) is 22.0. The van der Waals surface area contributed by atoms with Crippen LogP contribution in [0.4, 0.5) is 0 Å². The van der Waals surface area contributed by atoms with Crippen LogP contribution in [0, 0.1) is 5.92 Å². The second kappa shape index (κ2) is 10.2. The van der Waals surface area contributed by atoms with Crippen molar-refractivity contribution in [1.29, 1.82) is 0 Å². The zero-order valence-electron chi connectivity index (χ0n) is 21.2. The van der Waals surface area contributed by atoms with Crippen molar-refractivity contribution in [2.45, 2.75) is 32.4 Å². The van der Waals surface area contributed by atoms with Crippen molar-refractivity contribution in [3.8, 4) is 5.75 Å². The number of ether oxygens (including phenoxy) is 1. The Labute approximate surface area is 223 Å². The third-order valence-corrected chi connectivity index (χ3v) is 7.91. The normalized spacial score (nSPS) is 16.3. The topological polar surface area (TPSA) is 169 Å². The molecule has 0 unspecified atom stereocenters. The molecular formula is C25H26N6O7S. The third-order valence-electron chi connectivity index (χ3n) is 6.67. The molecule has 2 aromatic heterocycles. The van der Waals surface area contributed by atoms with Gasteiger partial charge in [0.1, 0.15) is 17.1 Å². The van der Waals surface area contributed by atoms with E-state index in [2.05, 4.69) is 20.7 Å². The van der Waals surface area contributed by atoms with Crippen LogP contribution in [0.25, 0.3) is 5.65 Å². The van der Waals surface area contributed by atoms with Gasteiger partial charge < -0.3 is 15.4 Å². The number of esters is 1. The number of amides is 2. The van der Waals surface area contributed by atoms with E-state index in [0.717, 1.165) is 17.4 Å². The Balaban J connectivity index is 1.23. The van der Waals surface area contributed by atoms with Gasteiger partial charge in [0.05, 0.1) is 24.9 Å². The Kier molecular flexibility index (Phi) is 6.91. The Morgan fingerprint density at radius 3 is 2.67 bits per heavy atom. The molecular weight excluding hydrogens is 528 g/mol. The summed E-state index contributed by atoms with van der Waals surface area (Å²) < 4.78 is 30.7. The van der Waals surface area contributed by atoms with Crippen molar-refractivity contribution in [1.82, 2.24) is 29.5 Å². The van der Waals surface area contributed by atoms with Crippen LogP contribution < -0.4 is 15.4 Å². The molecule has 1 fully saturated rings. The number of hydrogen-bond donors (Lipinski definition) is 2. The van der Waals surface area contributed by atoms with Crippen molar-refractivity contribution < 1.29 is 32.3 Å². The van der Waals surface area contributed by atoms with E-state index in [1.54, 1.807) is 31.2 Å². The molecule has 14 heteroatoms. The number of benzene rings is 1. The largest absolute Gasteiger partial charge is 0.426 e. The summed E-state index contributed by atoms with van der Waals surface area (Å²) >= 11 is 0.